The number of alkyl halides is 3. The molecule has 2 aromatic heterocycles. The van der Waals surface area contributed by atoms with Crippen LogP contribution in [0.3, 0.4) is 0 Å². The number of carbonyl (C=O) groups excluding carboxylic acids is 1. The molecule has 1 aliphatic heterocycles. The third kappa shape index (κ3) is 5.30. The van der Waals surface area contributed by atoms with Gasteiger partial charge in [0.15, 0.2) is 15.5 Å². The lowest BCUT2D eigenvalue weighted by atomic mass is 10.0. The molecule has 2 aromatic carbocycles. The molecule has 39 heavy (non-hydrogen) atoms. The predicted octanol–water partition coefficient (Wildman–Crippen LogP) is 5.70. The Morgan fingerprint density at radius 3 is 2.49 bits per heavy atom. The van der Waals surface area contributed by atoms with Gasteiger partial charge in [0.2, 0.25) is 0 Å². The Hall–Kier alpha value is -3.64. The minimum absolute atomic E-state index is 0.0115. The van der Waals surface area contributed by atoms with Gasteiger partial charge < -0.3 is 10.1 Å². The van der Waals surface area contributed by atoms with Gasteiger partial charge in [-0.15, -0.1) is 0 Å². The van der Waals surface area contributed by atoms with Crippen molar-refractivity contribution >= 4 is 44.1 Å². The molecular formula is C26H22ClF3N4O4S. The second kappa shape index (κ2) is 9.83. The van der Waals surface area contributed by atoms with E-state index in [0.717, 1.165) is 18.2 Å². The highest BCUT2D eigenvalue weighted by Gasteiger charge is 2.33. The van der Waals surface area contributed by atoms with Crippen molar-refractivity contribution in [3.05, 3.63) is 70.4 Å². The van der Waals surface area contributed by atoms with E-state index in [4.69, 9.17) is 21.3 Å². The van der Waals surface area contributed by atoms with Gasteiger partial charge in [0.25, 0.3) is 5.91 Å². The van der Waals surface area contributed by atoms with Gasteiger partial charge in [-0.05, 0) is 61.9 Å². The molecule has 1 atom stereocenters. The number of pyridine rings is 1. The number of aromatic nitrogens is 3. The molecule has 1 aliphatic rings. The molecule has 1 N–H and O–H groups in total. The first-order chi connectivity index (χ1) is 18.4. The summed E-state index contributed by atoms with van der Waals surface area (Å²) in [5.74, 6) is -0.217. The Kier molecular flexibility index (Phi) is 6.79. The van der Waals surface area contributed by atoms with Crippen LogP contribution in [0.25, 0.3) is 22.3 Å². The summed E-state index contributed by atoms with van der Waals surface area (Å²) in [6, 6.07) is 10.6. The van der Waals surface area contributed by atoms with Crippen molar-refractivity contribution in [1.29, 1.82) is 0 Å². The number of fused-ring (bicyclic) bond motifs is 1. The molecule has 204 valence electrons. The second-order valence-corrected chi connectivity index (χ2v) is 11.9. The number of amides is 1. The average Bonchev–Trinajstić information content (AvgIpc) is 3.42. The maximum atomic E-state index is 13.6. The van der Waals surface area contributed by atoms with Crippen LogP contribution >= 0.6 is 11.6 Å². The number of hydrogen-bond donors (Lipinski definition) is 1. The summed E-state index contributed by atoms with van der Waals surface area (Å²) in [5.41, 5.74) is 0.656. The van der Waals surface area contributed by atoms with E-state index in [1.54, 1.807) is 31.2 Å². The SMILES string of the molecule is COc1ccc(-c2cc(C(=O)Nc3cc(C(F)(F)F)ccc3Cl)c3c(C)nn(C4CCS(=O)(=O)C4)c3n2)cc1. The number of nitrogens with one attached hydrogen (secondary N) is 1. The number of rotatable bonds is 5. The van der Waals surface area contributed by atoms with Crippen molar-refractivity contribution in [2.24, 2.45) is 0 Å². The van der Waals surface area contributed by atoms with Crippen molar-refractivity contribution in [3.8, 4) is 17.0 Å². The minimum atomic E-state index is -4.63. The third-order valence-corrected chi connectivity index (χ3v) is 8.64. The van der Waals surface area contributed by atoms with Gasteiger partial charge in [0, 0.05) is 5.56 Å². The molecular weight excluding hydrogens is 557 g/mol. The summed E-state index contributed by atoms with van der Waals surface area (Å²) in [6.45, 7) is 1.66. The van der Waals surface area contributed by atoms with Crippen molar-refractivity contribution in [3.63, 3.8) is 0 Å². The molecule has 0 bridgehead atoms. The largest absolute Gasteiger partial charge is 0.497 e. The molecule has 1 unspecified atom stereocenters. The van der Waals surface area contributed by atoms with Gasteiger partial charge in [-0.25, -0.2) is 18.1 Å². The van der Waals surface area contributed by atoms with Gasteiger partial charge in [-0.2, -0.15) is 18.3 Å². The van der Waals surface area contributed by atoms with Crippen LogP contribution in [0.15, 0.2) is 48.5 Å². The number of nitrogens with zero attached hydrogens (tertiary/aromatic N) is 3. The zero-order valence-electron chi connectivity index (χ0n) is 20.7. The Bertz CT molecular complexity index is 1700. The van der Waals surface area contributed by atoms with Gasteiger partial charge in [0.1, 0.15) is 5.75 Å². The quantitative estimate of drug-likeness (QED) is 0.326. The molecule has 0 radical (unpaired) electrons. The van der Waals surface area contributed by atoms with Gasteiger partial charge in [0.05, 0.1) is 63.3 Å². The van der Waals surface area contributed by atoms with Crippen molar-refractivity contribution in [2.75, 3.05) is 23.9 Å². The number of ether oxygens (including phenoxy) is 1. The van der Waals surface area contributed by atoms with Gasteiger partial charge >= 0.3 is 6.18 Å². The topological polar surface area (TPSA) is 103 Å². The summed E-state index contributed by atoms with van der Waals surface area (Å²) in [5, 5.41) is 7.31. The average molecular weight is 579 g/mol. The van der Waals surface area contributed by atoms with E-state index in [9.17, 15) is 26.4 Å². The minimum Gasteiger partial charge on any atom is -0.497 e. The zero-order chi connectivity index (χ0) is 28.1. The smallest absolute Gasteiger partial charge is 0.416 e. The van der Waals surface area contributed by atoms with Crippen molar-refractivity contribution in [2.45, 2.75) is 25.6 Å². The fraction of sp³-hybridized carbons (Fsp3) is 0.269. The first kappa shape index (κ1) is 26.9. The number of benzene rings is 2. The van der Waals surface area contributed by atoms with Crippen LogP contribution in [0.4, 0.5) is 18.9 Å². The van der Waals surface area contributed by atoms with Crippen LogP contribution in [0.5, 0.6) is 5.75 Å². The molecule has 0 spiro atoms. The molecule has 5 rings (SSSR count). The highest BCUT2D eigenvalue weighted by atomic mass is 35.5. The number of carbonyl (C=O) groups is 1. The fourth-order valence-corrected chi connectivity index (χ4v) is 6.47. The first-order valence-electron chi connectivity index (χ1n) is 11.8. The fourth-order valence-electron chi connectivity index (χ4n) is 4.61. The molecule has 1 saturated heterocycles. The Labute approximate surface area is 226 Å². The number of methoxy groups -OCH3 is 1. The Morgan fingerprint density at radius 1 is 1.15 bits per heavy atom. The summed E-state index contributed by atoms with van der Waals surface area (Å²) >= 11 is 6.12. The van der Waals surface area contributed by atoms with Crippen LogP contribution in [0.2, 0.25) is 5.02 Å². The van der Waals surface area contributed by atoms with Crippen LogP contribution in [-0.2, 0) is 16.0 Å². The number of hydrogen-bond acceptors (Lipinski definition) is 6. The number of aryl methyl sites for hydroxylation is 1. The summed E-state index contributed by atoms with van der Waals surface area (Å²) < 4.78 is 71.0. The van der Waals surface area contributed by atoms with Gasteiger partial charge in [-0.3, -0.25) is 4.79 Å². The number of sulfone groups is 1. The highest BCUT2D eigenvalue weighted by molar-refractivity contribution is 7.91. The molecule has 0 saturated carbocycles. The monoisotopic (exact) mass is 578 g/mol. The lowest BCUT2D eigenvalue weighted by Crippen LogP contribution is -2.16. The maximum Gasteiger partial charge on any atom is 0.416 e. The zero-order valence-corrected chi connectivity index (χ0v) is 22.3. The first-order valence-corrected chi connectivity index (χ1v) is 14.0. The van der Waals surface area contributed by atoms with E-state index in [0.29, 0.717) is 40.2 Å². The third-order valence-electron chi connectivity index (χ3n) is 6.56. The molecule has 13 heteroatoms. The van der Waals surface area contributed by atoms with E-state index in [-0.39, 0.29) is 27.8 Å². The lowest BCUT2D eigenvalue weighted by molar-refractivity contribution is -0.137. The molecule has 1 fully saturated rings. The van der Waals surface area contributed by atoms with E-state index in [2.05, 4.69) is 10.4 Å². The van der Waals surface area contributed by atoms with Gasteiger partial charge in [-0.1, -0.05) is 11.6 Å². The predicted molar refractivity (Wildman–Crippen MR) is 141 cm³/mol. The Balaban J connectivity index is 1.66. The highest BCUT2D eigenvalue weighted by Crippen LogP contribution is 2.36. The summed E-state index contributed by atoms with van der Waals surface area (Å²) in [7, 11) is -1.72. The standard InChI is InChI=1S/C26H22ClF3N4O4S/c1-14-23-19(25(35)32-22-11-16(26(28,29)30)5-8-20(22)27)12-21(15-3-6-18(38-2)7-4-15)31-24(23)34(33-14)17-9-10-39(36,37)13-17/h3-8,11-12,17H,9-10,13H2,1-2H3,(H,32,35). The maximum absolute atomic E-state index is 13.6. The molecule has 4 aromatic rings. The second-order valence-electron chi connectivity index (χ2n) is 9.22. The van der Waals surface area contributed by atoms with E-state index in [1.807, 2.05) is 0 Å². The van der Waals surface area contributed by atoms with Crippen LogP contribution < -0.4 is 10.1 Å². The summed E-state index contributed by atoms with van der Waals surface area (Å²) in [6.07, 6.45) is -4.29. The van der Waals surface area contributed by atoms with E-state index >= 15 is 0 Å². The van der Waals surface area contributed by atoms with Crippen LogP contribution in [0, 0.1) is 6.92 Å². The van der Waals surface area contributed by atoms with Crippen molar-refractivity contribution < 1.29 is 31.1 Å². The van der Waals surface area contributed by atoms with Crippen molar-refractivity contribution in [1.82, 2.24) is 14.8 Å². The molecule has 3 heterocycles. The molecule has 1 amide bonds. The normalized spacial score (nSPS) is 16.9. The lowest BCUT2D eigenvalue weighted by Gasteiger charge is -2.14. The van der Waals surface area contributed by atoms with Crippen LogP contribution in [-0.4, -0.2) is 47.7 Å². The van der Waals surface area contributed by atoms with E-state index in [1.165, 1.54) is 17.9 Å². The summed E-state index contributed by atoms with van der Waals surface area (Å²) in [4.78, 5) is 18.3. The molecule has 0 aliphatic carbocycles. The van der Waals surface area contributed by atoms with E-state index < -0.39 is 33.5 Å². The Morgan fingerprint density at radius 2 is 1.87 bits per heavy atom. The number of halogens is 4. The number of anilines is 1. The van der Waals surface area contributed by atoms with Crippen LogP contribution in [0.1, 0.15) is 34.1 Å². The molecule has 8 nitrogen and oxygen atoms in total.